The molecule has 1 atom stereocenters. The molecule has 0 aliphatic carbocycles. The summed E-state index contributed by atoms with van der Waals surface area (Å²) in [6.07, 6.45) is 5.83. The van der Waals surface area contributed by atoms with Gasteiger partial charge in [-0.1, -0.05) is 36.4 Å². The predicted molar refractivity (Wildman–Crippen MR) is 115 cm³/mol. The maximum Gasteiger partial charge on any atom is 0.244 e. The minimum absolute atomic E-state index is 0. The van der Waals surface area contributed by atoms with Crippen molar-refractivity contribution in [3.63, 3.8) is 0 Å². The highest BCUT2D eigenvalue weighted by Gasteiger charge is 2.28. The Bertz CT molecular complexity index is 919. The largest absolute Gasteiger partial charge is 0.445 e. The number of benzene rings is 1. The van der Waals surface area contributed by atoms with Crippen LogP contribution >= 0.6 is 24.8 Å². The summed E-state index contributed by atoms with van der Waals surface area (Å²) in [4.78, 5) is 23.3. The standard InChI is InChI=1S/C21H22N4O2.2ClH/c22-20(16-6-2-1-3-7-16)21(26)25-12-10-18-17(14-25)24-19(27-18)9-8-15-5-4-11-23-13-15;;/h1-7,11,13,20H,8-10,12,14,22H2;2*1H/t20-;;/m1../s1. The molecule has 1 aliphatic heterocycles. The van der Waals surface area contributed by atoms with Crippen molar-refractivity contribution in [1.29, 1.82) is 0 Å². The van der Waals surface area contributed by atoms with Gasteiger partial charge in [0.1, 0.15) is 17.5 Å². The fourth-order valence-electron chi connectivity index (χ4n) is 3.34. The van der Waals surface area contributed by atoms with Crippen LogP contribution in [0.1, 0.15) is 34.5 Å². The highest BCUT2D eigenvalue weighted by Crippen LogP contribution is 2.23. The topological polar surface area (TPSA) is 85.3 Å². The number of halogens is 2. The van der Waals surface area contributed by atoms with Crippen LogP contribution in [0.25, 0.3) is 0 Å². The van der Waals surface area contributed by atoms with Crippen molar-refractivity contribution in [3.8, 4) is 0 Å². The highest BCUT2D eigenvalue weighted by atomic mass is 35.5. The third-order valence-electron chi connectivity index (χ3n) is 4.86. The van der Waals surface area contributed by atoms with Crippen LogP contribution in [-0.4, -0.2) is 27.3 Å². The number of hydrogen-bond donors (Lipinski definition) is 1. The maximum atomic E-state index is 12.8. The molecule has 0 fully saturated rings. The van der Waals surface area contributed by atoms with E-state index in [0.717, 1.165) is 35.4 Å². The van der Waals surface area contributed by atoms with Crippen molar-refractivity contribution in [2.45, 2.75) is 31.8 Å². The van der Waals surface area contributed by atoms with E-state index in [-0.39, 0.29) is 30.7 Å². The van der Waals surface area contributed by atoms with E-state index in [4.69, 9.17) is 10.2 Å². The van der Waals surface area contributed by atoms with Crippen LogP contribution in [0.4, 0.5) is 0 Å². The number of amides is 1. The first-order chi connectivity index (χ1) is 13.2. The van der Waals surface area contributed by atoms with E-state index >= 15 is 0 Å². The van der Waals surface area contributed by atoms with Crippen LogP contribution in [0.5, 0.6) is 0 Å². The van der Waals surface area contributed by atoms with Gasteiger partial charge >= 0.3 is 0 Å². The first-order valence-electron chi connectivity index (χ1n) is 9.16. The lowest BCUT2D eigenvalue weighted by Crippen LogP contribution is -2.41. The number of nitrogens with zero attached hydrogens (tertiary/aromatic N) is 3. The summed E-state index contributed by atoms with van der Waals surface area (Å²) >= 11 is 0. The molecule has 6 nitrogen and oxygen atoms in total. The third-order valence-corrected chi connectivity index (χ3v) is 4.86. The normalized spacial score (nSPS) is 13.6. The lowest BCUT2D eigenvalue weighted by molar-refractivity contribution is -0.133. The Morgan fingerprint density at radius 2 is 1.93 bits per heavy atom. The van der Waals surface area contributed by atoms with Crippen LogP contribution in [-0.2, 0) is 30.6 Å². The maximum absolute atomic E-state index is 12.8. The van der Waals surface area contributed by atoms with Gasteiger partial charge in [0.2, 0.25) is 5.91 Å². The predicted octanol–water partition coefficient (Wildman–Crippen LogP) is 3.28. The Kier molecular flexibility index (Phi) is 8.20. The first kappa shape index (κ1) is 22.9. The van der Waals surface area contributed by atoms with E-state index in [1.807, 2.05) is 48.7 Å². The number of oxazole rings is 1. The average Bonchev–Trinajstić information content (AvgIpc) is 3.14. The van der Waals surface area contributed by atoms with E-state index in [0.29, 0.717) is 25.4 Å². The monoisotopic (exact) mass is 434 g/mol. The second-order valence-corrected chi connectivity index (χ2v) is 6.74. The van der Waals surface area contributed by atoms with Crippen molar-refractivity contribution in [1.82, 2.24) is 14.9 Å². The average molecular weight is 435 g/mol. The molecule has 4 rings (SSSR count). The minimum atomic E-state index is -0.648. The molecule has 154 valence electrons. The SMILES string of the molecule is Cl.Cl.N[C@@H](C(=O)N1CCc2oc(CCc3cccnc3)nc2C1)c1ccccc1. The summed E-state index contributed by atoms with van der Waals surface area (Å²) in [6.45, 7) is 1.05. The van der Waals surface area contributed by atoms with Gasteiger partial charge in [-0.25, -0.2) is 4.98 Å². The summed E-state index contributed by atoms with van der Waals surface area (Å²) < 4.78 is 5.90. The molecule has 2 aromatic heterocycles. The van der Waals surface area contributed by atoms with Crippen molar-refractivity contribution in [2.24, 2.45) is 5.73 Å². The van der Waals surface area contributed by atoms with Gasteiger partial charge in [-0.05, 0) is 23.6 Å². The Labute approximate surface area is 182 Å². The minimum Gasteiger partial charge on any atom is -0.445 e. The van der Waals surface area contributed by atoms with Crippen LogP contribution < -0.4 is 5.73 Å². The Morgan fingerprint density at radius 3 is 2.66 bits per heavy atom. The Hall–Kier alpha value is -2.41. The molecule has 0 unspecified atom stereocenters. The van der Waals surface area contributed by atoms with Crippen molar-refractivity contribution in [3.05, 3.63) is 83.3 Å². The fourth-order valence-corrected chi connectivity index (χ4v) is 3.34. The van der Waals surface area contributed by atoms with Crippen LogP contribution in [0.2, 0.25) is 0 Å². The lowest BCUT2D eigenvalue weighted by Gasteiger charge is -2.28. The van der Waals surface area contributed by atoms with Gasteiger partial charge in [-0.15, -0.1) is 24.8 Å². The molecule has 0 saturated heterocycles. The van der Waals surface area contributed by atoms with Crippen LogP contribution in [0, 0.1) is 0 Å². The summed E-state index contributed by atoms with van der Waals surface area (Å²) in [5.74, 6) is 1.52. The molecule has 2 N–H and O–H groups in total. The van der Waals surface area contributed by atoms with E-state index in [2.05, 4.69) is 9.97 Å². The van der Waals surface area contributed by atoms with Crippen molar-refractivity contribution < 1.29 is 9.21 Å². The zero-order chi connectivity index (χ0) is 18.6. The number of aromatic nitrogens is 2. The third kappa shape index (κ3) is 5.35. The number of carbonyl (C=O) groups excluding carboxylic acids is 1. The molecule has 3 heterocycles. The molecule has 0 bridgehead atoms. The number of aryl methyl sites for hydroxylation is 2. The first-order valence-corrected chi connectivity index (χ1v) is 9.16. The number of fused-ring (bicyclic) bond motifs is 1. The van der Waals surface area contributed by atoms with E-state index < -0.39 is 6.04 Å². The smallest absolute Gasteiger partial charge is 0.244 e. The fraction of sp³-hybridized carbons (Fsp3) is 0.286. The molecular weight excluding hydrogens is 411 g/mol. The second kappa shape index (κ2) is 10.4. The number of pyridine rings is 1. The van der Waals surface area contributed by atoms with Crippen LogP contribution in [0.3, 0.4) is 0 Å². The van der Waals surface area contributed by atoms with Crippen molar-refractivity contribution in [2.75, 3.05) is 6.54 Å². The molecule has 8 heteroatoms. The quantitative estimate of drug-likeness (QED) is 0.665. The Morgan fingerprint density at radius 1 is 1.14 bits per heavy atom. The number of rotatable bonds is 5. The van der Waals surface area contributed by atoms with Gasteiger partial charge < -0.3 is 15.1 Å². The lowest BCUT2D eigenvalue weighted by atomic mass is 10.0. The summed E-state index contributed by atoms with van der Waals surface area (Å²) in [6, 6.07) is 12.8. The van der Waals surface area contributed by atoms with Gasteiger partial charge in [0.25, 0.3) is 0 Å². The molecule has 1 aliphatic rings. The van der Waals surface area contributed by atoms with E-state index in [9.17, 15) is 4.79 Å². The second-order valence-electron chi connectivity index (χ2n) is 6.74. The zero-order valence-corrected chi connectivity index (χ0v) is 17.5. The molecule has 0 saturated carbocycles. The van der Waals surface area contributed by atoms with Crippen molar-refractivity contribution >= 4 is 30.7 Å². The molecule has 1 aromatic carbocycles. The van der Waals surface area contributed by atoms with E-state index in [1.165, 1.54) is 0 Å². The number of carbonyl (C=O) groups is 1. The number of hydrogen-bond acceptors (Lipinski definition) is 5. The highest BCUT2D eigenvalue weighted by molar-refractivity contribution is 5.85. The zero-order valence-electron chi connectivity index (χ0n) is 15.9. The number of nitrogens with two attached hydrogens (primary N) is 1. The molecule has 29 heavy (non-hydrogen) atoms. The molecular formula is C21H24Cl2N4O2. The summed E-state index contributed by atoms with van der Waals surface area (Å²) in [7, 11) is 0. The molecule has 0 spiro atoms. The van der Waals surface area contributed by atoms with Crippen LogP contribution in [0.15, 0.2) is 59.3 Å². The summed E-state index contributed by atoms with van der Waals surface area (Å²) in [5.41, 5.74) is 8.99. The van der Waals surface area contributed by atoms with Gasteiger partial charge in [0, 0.05) is 31.8 Å². The van der Waals surface area contributed by atoms with E-state index in [1.54, 1.807) is 11.1 Å². The van der Waals surface area contributed by atoms with Gasteiger partial charge in [0.15, 0.2) is 5.89 Å². The molecule has 1 amide bonds. The molecule has 0 radical (unpaired) electrons. The van der Waals surface area contributed by atoms with Gasteiger partial charge in [0.05, 0.1) is 6.54 Å². The van der Waals surface area contributed by atoms with Gasteiger partial charge in [-0.3, -0.25) is 9.78 Å². The Balaban J connectivity index is 0.00000150. The van der Waals surface area contributed by atoms with Gasteiger partial charge in [-0.2, -0.15) is 0 Å². The summed E-state index contributed by atoms with van der Waals surface area (Å²) in [5, 5.41) is 0. The molecule has 3 aromatic rings.